The molecule has 2 atom stereocenters. The molecule has 252 valence electrons. The average molecular weight is 679 g/mol. The quantitative estimate of drug-likeness (QED) is 0.125. The fraction of sp³-hybridized carbons (Fsp3) is 0.429. The van der Waals surface area contributed by atoms with E-state index in [2.05, 4.69) is 102 Å². The molecule has 2 amide bonds. The molecule has 0 radical (unpaired) electrons. The summed E-state index contributed by atoms with van der Waals surface area (Å²) in [7, 11) is 0. The highest BCUT2D eigenvalue weighted by Crippen LogP contribution is 2.49. The van der Waals surface area contributed by atoms with Gasteiger partial charge < -0.3 is 9.80 Å². The first-order valence-electron chi connectivity index (χ1n) is 18.1. The fourth-order valence-electron chi connectivity index (χ4n) is 7.33. The maximum atomic E-state index is 14.8. The topological polar surface area (TPSA) is 40.6 Å². The van der Waals surface area contributed by atoms with Gasteiger partial charge in [0.1, 0.15) is 0 Å². The molecule has 0 saturated heterocycles. The van der Waals surface area contributed by atoms with Crippen LogP contribution in [0.1, 0.15) is 99.9 Å². The summed E-state index contributed by atoms with van der Waals surface area (Å²) in [6.45, 7) is 14.5. The largest absolute Gasteiger partial charge is 0.307 e. The van der Waals surface area contributed by atoms with Gasteiger partial charge in [-0.2, -0.15) is 0 Å². The van der Waals surface area contributed by atoms with E-state index in [4.69, 9.17) is 0 Å². The zero-order valence-electron chi connectivity index (χ0n) is 29.5. The number of carbonyl (C=O) groups is 2. The van der Waals surface area contributed by atoms with Crippen LogP contribution in [-0.4, -0.2) is 24.9 Å². The number of unbranched alkanes of at least 4 members (excludes halogenated alkanes) is 2. The van der Waals surface area contributed by atoms with Gasteiger partial charge in [-0.3, -0.25) is 9.59 Å². The van der Waals surface area contributed by atoms with E-state index in [9.17, 15) is 9.59 Å². The van der Waals surface area contributed by atoms with Gasteiger partial charge in [-0.15, -0.1) is 22.7 Å². The van der Waals surface area contributed by atoms with Crippen LogP contribution in [0.15, 0.2) is 60.7 Å². The second-order valence-corrected chi connectivity index (χ2v) is 16.3. The summed E-state index contributed by atoms with van der Waals surface area (Å²) in [5.74, 6) is 0.739. The van der Waals surface area contributed by atoms with Gasteiger partial charge in [0.2, 0.25) is 0 Å². The smallest absolute Gasteiger partial charge is 0.259 e. The minimum Gasteiger partial charge on any atom is -0.307 e. The Bertz CT molecular complexity index is 1700. The zero-order valence-corrected chi connectivity index (χ0v) is 31.2. The Balaban J connectivity index is 1.51. The zero-order chi connectivity index (χ0) is 33.9. The number of anilines is 2. The molecular weight excluding hydrogens is 629 g/mol. The van der Waals surface area contributed by atoms with Crippen molar-refractivity contribution in [3.63, 3.8) is 0 Å². The standard InChI is InChI=1S/C42H50N2O2S2/c1-7-11-13-29(9-3)25-43-35-23-31(37-21-15-27(5)47-37)17-19-33(35)39(41(43)45)40-34-20-18-32(38-22-16-28(6)48-38)24-36(34)44(42(40)46)26-30(10-4)14-12-8-2/h15-24,29-30H,7-14,25-26H2,1-6H3/b40-39+. The molecule has 2 aromatic heterocycles. The maximum absolute atomic E-state index is 14.8. The molecule has 48 heavy (non-hydrogen) atoms. The Morgan fingerprint density at radius 1 is 0.583 bits per heavy atom. The molecule has 6 rings (SSSR count). The minimum absolute atomic E-state index is 0.0356. The van der Waals surface area contributed by atoms with Gasteiger partial charge in [0, 0.05) is 43.7 Å². The fourth-order valence-corrected chi connectivity index (χ4v) is 9.06. The third-order valence-corrected chi connectivity index (χ3v) is 12.4. The number of aryl methyl sites for hydroxylation is 2. The first-order chi connectivity index (χ1) is 23.3. The maximum Gasteiger partial charge on any atom is 0.259 e. The third kappa shape index (κ3) is 6.71. The number of fused-ring (bicyclic) bond motifs is 2. The van der Waals surface area contributed by atoms with E-state index in [0.29, 0.717) is 36.1 Å². The number of thiophene rings is 2. The summed E-state index contributed by atoms with van der Waals surface area (Å²) in [6, 6.07) is 21.5. The van der Waals surface area contributed by atoms with Gasteiger partial charge in [0.05, 0.1) is 22.5 Å². The van der Waals surface area contributed by atoms with Gasteiger partial charge in [-0.1, -0.05) is 90.5 Å². The first-order valence-corrected chi connectivity index (χ1v) is 19.7. The Morgan fingerprint density at radius 3 is 1.33 bits per heavy atom. The van der Waals surface area contributed by atoms with Crippen molar-refractivity contribution < 1.29 is 9.59 Å². The lowest BCUT2D eigenvalue weighted by atomic mass is 9.95. The van der Waals surface area contributed by atoms with E-state index in [-0.39, 0.29) is 11.8 Å². The lowest BCUT2D eigenvalue weighted by Crippen LogP contribution is -2.34. The van der Waals surface area contributed by atoms with Crippen LogP contribution in [0.2, 0.25) is 0 Å². The summed E-state index contributed by atoms with van der Waals surface area (Å²) in [4.78, 5) is 38.5. The molecule has 0 aliphatic carbocycles. The second-order valence-electron chi connectivity index (χ2n) is 13.7. The lowest BCUT2D eigenvalue weighted by Gasteiger charge is -2.24. The van der Waals surface area contributed by atoms with Gasteiger partial charge in [0.25, 0.3) is 11.8 Å². The second kappa shape index (κ2) is 15.0. The highest BCUT2D eigenvalue weighted by atomic mass is 32.1. The highest BCUT2D eigenvalue weighted by Gasteiger charge is 2.43. The molecule has 6 heteroatoms. The van der Waals surface area contributed by atoms with Crippen molar-refractivity contribution in [1.82, 2.24) is 0 Å². The van der Waals surface area contributed by atoms with Crippen LogP contribution in [0.25, 0.3) is 32.0 Å². The van der Waals surface area contributed by atoms with Crippen LogP contribution in [0, 0.1) is 25.7 Å². The SMILES string of the molecule is CCCCC(CC)CN1C(=O)/C(=C2/C(=O)N(CC(CC)CCCC)c3cc(-c4ccc(C)s4)ccc32)c2ccc(-c3ccc(C)s3)cc21. The van der Waals surface area contributed by atoms with Crippen molar-refractivity contribution in [2.24, 2.45) is 11.8 Å². The Morgan fingerprint density at radius 2 is 1.00 bits per heavy atom. The average Bonchev–Trinajstić information content (AvgIpc) is 3.85. The predicted molar refractivity (Wildman–Crippen MR) is 207 cm³/mol. The molecule has 2 aliphatic heterocycles. The number of amides is 2. The van der Waals surface area contributed by atoms with Crippen LogP contribution >= 0.6 is 22.7 Å². The normalized spacial score (nSPS) is 17.0. The van der Waals surface area contributed by atoms with E-state index in [0.717, 1.165) is 85.0 Å². The van der Waals surface area contributed by atoms with Crippen molar-refractivity contribution in [3.8, 4) is 20.9 Å². The van der Waals surface area contributed by atoms with E-state index in [1.807, 2.05) is 9.80 Å². The molecule has 0 bridgehead atoms. The number of benzene rings is 2. The molecule has 2 aliphatic rings. The highest BCUT2D eigenvalue weighted by molar-refractivity contribution is 7.15. The Labute approximate surface area is 295 Å². The molecule has 0 saturated carbocycles. The summed E-state index contributed by atoms with van der Waals surface area (Å²) in [5, 5.41) is 0. The van der Waals surface area contributed by atoms with Gasteiger partial charge in [0.15, 0.2) is 0 Å². The van der Waals surface area contributed by atoms with Crippen LogP contribution in [0.5, 0.6) is 0 Å². The van der Waals surface area contributed by atoms with Crippen LogP contribution < -0.4 is 9.80 Å². The van der Waals surface area contributed by atoms with Crippen molar-refractivity contribution >= 4 is 57.0 Å². The molecule has 2 unspecified atom stereocenters. The molecule has 4 heterocycles. The summed E-state index contributed by atoms with van der Waals surface area (Å²) in [5.41, 5.74) is 7.02. The molecule has 4 nitrogen and oxygen atoms in total. The van der Waals surface area contributed by atoms with Gasteiger partial charge in [-0.25, -0.2) is 0 Å². The van der Waals surface area contributed by atoms with E-state index in [1.54, 1.807) is 22.7 Å². The third-order valence-electron chi connectivity index (χ3n) is 10.3. The Hall–Kier alpha value is -3.48. The van der Waals surface area contributed by atoms with Crippen molar-refractivity contribution in [1.29, 1.82) is 0 Å². The number of hydrogen-bond acceptors (Lipinski definition) is 4. The van der Waals surface area contributed by atoms with E-state index >= 15 is 0 Å². The molecule has 4 aromatic rings. The summed E-state index contributed by atoms with van der Waals surface area (Å²) >= 11 is 3.55. The Kier molecular flexibility index (Phi) is 10.7. The van der Waals surface area contributed by atoms with Crippen molar-refractivity contribution in [2.75, 3.05) is 22.9 Å². The van der Waals surface area contributed by atoms with Crippen molar-refractivity contribution in [3.05, 3.63) is 81.5 Å². The van der Waals surface area contributed by atoms with E-state index in [1.165, 1.54) is 19.5 Å². The molecule has 2 aromatic carbocycles. The van der Waals surface area contributed by atoms with E-state index < -0.39 is 0 Å². The lowest BCUT2D eigenvalue weighted by molar-refractivity contribution is -0.114. The molecule has 0 N–H and O–H groups in total. The number of hydrogen-bond donors (Lipinski definition) is 0. The number of nitrogens with zero attached hydrogens (tertiary/aromatic N) is 2. The van der Waals surface area contributed by atoms with Crippen LogP contribution in [0.4, 0.5) is 11.4 Å². The van der Waals surface area contributed by atoms with Crippen LogP contribution in [0.3, 0.4) is 0 Å². The van der Waals surface area contributed by atoms with Crippen LogP contribution in [-0.2, 0) is 9.59 Å². The van der Waals surface area contributed by atoms with Crippen molar-refractivity contribution in [2.45, 2.75) is 92.9 Å². The number of rotatable bonds is 14. The minimum atomic E-state index is -0.0356. The molecule has 0 spiro atoms. The van der Waals surface area contributed by atoms with Gasteiger partial charge in [-0.05, 0) is 86.1 Å². The molecular formula is C42H50N2O2S2. The number of carbonyl (C=O) groups excluding carboxylic acids is 2. The monoisotopic (exact) mass is 678 g/mol. The first kappa shape index (κ1) is 34.4. The molecule has 0 fully saturated rings. The summed E-state index contributed by atoms with van der Waals surface area (Å²) in [6.07, 6.45) is 8.82. The van der Waals surface area contributed by atoms with Gasteiger partial charge >= 0.3 is 0 Å². The predicted octanol–water partition coefficient (Wildman–Crippen LogP) is 11.8. The summed E-state index contributed by atoms with van der Waals surface area (Å²) < 4.78 is 0.